The molecule has 0 aromatic carbocycles. The molecule has 0 aliphatic heterocycles. The van der Waals surface area contributed by atoms with E-state index in [9.17, 15) is 0 Å². The maximum atomic E-state index is 6.30. The van der Waals surface area contributed by atoms with Crippen molar-refractivity contribution in [2.75, 3.05) is 6.61 Å². The Morgan fingerprint density at radius 2 is 2.09 bits per heavy atom. The zero-order chi connectivity index (χ0) is 15.7. The second-order valence-electron chi connectivity index (χ2n) is 7.48. The molecule has 0 bridgehead atoms. The van der Waals surface area contributed by atoms with E-state index in [1.807, 2.05) is 0 Å². The lowest BCUT2D eigenvalue weighted by molar-refractivity contribution is 0.0898. The fourth-order valence-corrected chi connectivity index (χ4v) is 3.60. The molecule has 1 aliphatic carbocycles. The van der Waals surface area contributed by atoms with Crippen molar-refractivity contribution in [2.24, 2.45) is 5.92 Å². The van der Waals surface area contributed by atoms with Crippen LogP contribution in [0.15, 0.2) is 12.5 Å². The number of hydrogen-bond donors (Lipinski definition) is 0. The zero-order valence-corrected chi connectivity index (χ0v) is 15.4. The summed E-state index contributed by atoms with van der Waals surface area (Å²) in [5, 5.41) is 1.56. The van der Waals surface area contributed by atoms with Gasteiger partial charge in [-0.05, 0) is 36.8 Å². The van der Waals surface area contributed by atoms with Crippen LogP contribution >= 0.6 is 11.6 Å². The van der Waals surface area contributed by atoms with E-state index >= 15 is 0 Å². The molecule has 120 valence electrons. The van der Waals surface area contributed by atoms with Gasteiger partial charge in [0.1, 0.15) is 23.9 Å². The first-order valence-corrected chi connectivity index (χ1v) is 12.1. The van der Waals surface area contributed by atoms with Gasteiger partial charge < -0.3 is 9.30 Å². The Morgan fingerprint density at radius 3 is 2.77 bits per heavy atom. The van der Waals surface area contributed by atoms with Crippen molar-refractivity contribution in [2.45, 2.75) is 51.7 Å². The molecule has 1 fully saturated rings. The second-order valence-corrected chi connectivity index (χ2v) is 13.5. The SMILES string of the molecule is C[Si](C)(C)CCOCn1cc(CC2CC2)c2c(Cl)ncnc21. The van der Waals surface area contributed by atoms with E-state index in [1.54, 1.807) is 0 Å². The Kier molecular flexibility index (Phi) is 4.57. The Balaban J connectivity index is 1.75. The van der Waals surface area contributed by atoms with Gasteiger partial charge in [-0.1, -0.05) is 31.2 Å². The van der Waals surface area contributed by atoms with Crippen LogP contribution in [0.2, 0.25) is 30.8 Å². The third-order valence-corrected chi connectivity index (χ3v) is 6.11. The molecular weight excluding hydrogens is 314 g/mol. The summed E-state index contributed by atoms with van der Waals surface area (Å²) in [5.74, 6) is 0.808. The molecule has 0 unspecified atom stereocenters. The maximum Gasteiger partial charge on any atom is 0.147 e. The van der Waals surface area contributed by atoms with Crippen LogP contribution in [0, 0.1) is 5.92 Å². The monoisotopic (exact) mass is 337 g/mol. The van der Waals surface area contributed by atoms with Crippen molar-refractivity contribution in [3.8, 4) is 0 Å². The van der Waals surface area contributed by atoms with E-state index in [0.29, 0.717) is 11.9 Å². The summed E-state index contributed by atoms with van der Waals surface area (Å²) in [5.41, 5.74) is 2.15. The summed E-state index contributed by atoms with van der Waals surface area (Å²) in [6.45, 7) is 8.44. The van der Waals surface area contributed by atoms with Crippen molar-refractivity contribution < 1.29 is 4.74 Å². The van der Waals surface area contributed by atoms with Gasteiger partial charge in [0.2, 0.25) is 0 Å². The van der Waals surface area contributed by atoms with Crippen LogP contribution in [0.3, 0.4) is 0 Å². The van der Waals surface area contributed by atoms with Gasteiger partial charge >= 0.3 is 0 Å². The van der Waals surface area contributed by atoms with Crippen molar-refractivity contribution in [3.05, 3.63) is 23.2 Å². The molecule has 4 nitrogen and oxygen atoms in total. The first-order chi connectivity index (χ1) is 10.4. The number of rotatable bonds is 7. The normalized spacial score (nSPS) is 15.6. The largest absolute Gasteiger partial charge is 0.361 e. The van der Waals surface area contributed by atoms with E-state index in [-0.39, 0.29) is 0 Å². The van der Waals surface area contributed by atoms with Crippen molar-refractivity contribution >= 4 is 30.7 Å². The van der Waals surface area contributed by atoms with Crippen molar-refractivity contribution in [1.29, 1.82) is 0 Å². The summed E-state index contributed by atoms with van der Waals surface area (Å²) < 4.78 is 7.95. The van der Waals surface area contributed by atoms with E-state index < -0.39 is 8.07 Å². The zero-order valence-electron chi connectivity index (χ0n) is 13.6. The third-order valence-electron chi connectivity index (χ3n) is 4.12. The lowest BCUT2D eigenvalue weighted by Crippen LogP contribution is -2.22. The van der Waals surface area contributed by atoms with Crippen molar-refractivity contribution in [3.63, 3.8) is 0 Å². The second kappa shape index (κ2) is 6.30. The molecule has 6 heteroatoms. The number of nitrogens with zero attached hydrogens (tertiary/aromatic N) is 3. The minimum absolute atomic E-state index is 0.541. The average Bonchev–Trinajstić information content (AvgIpc) is 3.17. The molecule has 2 aromatic heterocycles. The number of aromatic nitrogens is 3. The molecule has 0 atom stereocenters. The number of halogens is 1. The molecule has 1 aliphatic rings. The van der Waals surface area contributed by atoms with Crippen molar-refractivity contribution in [1.82, 2.24) is 14.5 Å². The van der Waals surface area contributed by atoms with E-state index in [4.69, 9.17) is 16.3 Å². The Bertz CT molecular complexity index is 661. The summed E-state index contributed by atoms with van der Waals surface area (Å²) in [4.78, 5) is 8.56. The van der Waals surface area contributed by atoms with Gasteiger partial charge in [-0.15, -0.1) is 0 Å². The Hall–Kier alpha value is -0.913. The third kappa shape index (κ3) is 3.89. The highest BCUT2D eigenvalue weighted by Gasteiger charge is 2.24. The van der Waals surface area contributed by atoms with E-state index in [0.717, 1.165) is 30.0 Å². The first kappa shape index (κ1) is 16.0. The Morgan fingerprint density at radius 1 is 1.32 bits per heavy atom. The highest BCUT2D eigenvalue weighted by Crippen LogP contribution is 2.36. The lowest BCUT2D eigenvalue weighted by Gasteiger charge is -2.15. The quantitative estimate of drug-likeness (QED) is 0.428. The number of ether oxygens (including phenoxy) is 1. The molecule has 22 heavy (non-hydrogen) atoms. The molecule has 3 rings (SSSR count). The molecule has 0 spiro atoms. The molecule has 0 radical (unpaired) electrons. The first-order valence-electron chi connectivity index (χ1n) is 8.00. The van der Waals surface area contributed by atoms with E-state index in [1.165, 1.54) is 30.8 Å². The van der Waals surface area contributed by atoms with Crippen LogP contribution in [0.25, 0.3) is 11.0 Å². The van der Waals surface area contributed by atoms with Crippen LogP contribution in [-0.4, -0.2) is 29.2 Å². The summed E-state index contributed by atoms with van der Waals surface area (Å²) in [7, 11) is -1.05. The van der Waals surface area contributed by atoms with Crippen LogP contribution < -0.4 is 0 Å². The maximum absolute atomic E-state index is 6.30. The standard InChI is InChI=1S/C16H24ClN3OSi/c1-22(2,3)7-6-21-11-20-9-13(8-12-4-5-12)14-15(17)18-10-19-16(14)20/h9-10,12H,4-8,11H2,1-3H3. The van der Waals surface area contributed by atoms with Crippen LogP contribution in [0.1, 0.15) is 18.4 Å². The molecular formula is C16H24ClN3OSi. The van der Waals surface area contributed by atoms with Crippen LogP contribution in [0.5, 0.6) is 0 Å². The predicted octanol–water partition coefficient (Wildman–Crippen LogP) is 4.35. The molecule has 0 saturated heterocycles. The fraction of sp³-hybridized carbons (Fsp3) is 0.625. The van der Waals surface area contributed by atoms with Gasteiger partial charge in [-0.2, -0.15) is 0 Å². The molecule has 1 saturated carbocycles. The summed E-state index contributed by atoms with van der Waals surface area (Å²) in [6, 6.07) is 1.18. The van der Waals surface area contributed by atoms with Gasteiger partial charge in [-0.3, -0.25) is 0 Å². The van der Waals surface area contributed by atoms with Gasteiger partial charge in [0.25, 0.3) is 0 Å². The summed E-state index contributed by atoms with van der Waals surface area (Å²) >= 11 is 6.30. The van der Waals surface area contributed by atoms with Gasteiger partial charge in [0.15, 0.2) is 0 Å². The minimum Gasteiger partial charge on any atom is -0.361 e. The van der Waals surface area contributed by atoms with E-state index in [2.05, 4.69) is 40.4 Å². The van der Waals surface area contributed by atoms with Crippen LogP contribution in [0.4, 0.5) is 0 Å². The molecule has 0 N–H and O–H groups in total. The lowest BCUT2D eigenvalue weighted by atomic mass is 10.1. The number of hydrogen-bond acceptors (Lipinski definition) is 3. The predicted molar refractivity (Wildman–Crippen MR) is 93.1 cm³/mol. The molecule has 2 heterocycles. The average molecular weight is 338 g/mol. The highest BCUT2D eigenvalue weighted by atomic mass is 35.5. The highest BCUT2D eigenvalue weighted by molar-refractivity contribution is 6.76. The van der Waals surface area contributed by atoms with Gasteiger partial charge in [0, 0.05) is 20.9 Å². The van der Waals surface area contributed by atoms with Crippen LogP contribution in [-0.2, 0) is 17.9 Å². The molecule has 0 amide bonds. The smallest absolute Gasteiger partial charge is 0.147 e. The Labute approximate surface area is 137 Å². The fourth-order valence-electron chi connectivity index (χ4n) is 2.59. The summed E-state index contributed by atoms with van der Waals surface area (Å²) in [6.07, 6.45) is 7.41. The van der Waals surface area contributed by atoms with Gasteiger partial charge in [-0.25, -0.2) is 9.97 Å². The molecule has 2 aromatic rings. The topological polar surface area (TPSA) is 39.9 Å². The number of fused-ring (bicyclic) bond motifs is 1. The van der Waals surface area contributed by atoms with Gasteiger partial charge in [0.05, 0.1) is 5.39 Å². The minimum atomic E-state index is -1.05.